The summed E-state index contributed by atoms with van der Waals surface area (Å²) in [5, 5.41) is 20.0. The molecule has 98 valence electrons. The van der Waals surface area contributed by atoms with E-state index in [1.54, 1.807) is 12.1 Å². The SMILES string of the molecule is CC(C)(C)CC(=CCO)c1ccncc1[N+](=O)[O-]. The minimum absolute atomic E-state index is 0.0157. The highest BCUT2D eigenvalue weighted by atomic mass is 16.6. The van der Waals surface area contributed by atoms with Crippen molar-refractivity contribution in [3.8, 4) is 0 Å². The maximum absolute atomic E-state index is 11.0. The monoisotopic (exact) mass is 250 g/mol. The first-order valence-corrected chi connectivity index (χ1v) is 5.74. The van der Waals surface area contributed by atoms with Crippen molar-refractivity contribution < 1.29 is 10.0 Å². The molecule has 0 saturated carbocycles. The molecule has 0 aliphatic rings. The van der Waals surface area contributed by atoms with Crippen LogP contribution in [0.5, 0.6) is 0 Å². The molecule has 0 spiro atoms. The van der Waals surface area contributed by atoms with Gasteiger partial charge in [0, 0.05) is 6.20 Å². The third-order valence-electron chi connectivity index (χ3n) is 2.40. The molecule has 1 aromatic rings. The molecular formula is C13H18N2O3. The van der Waals surface area contributed by atoms with Gasteiger partial charge in [0.25, 0.3) is 5.69 Å². The lowest BCUT2D eigenvalue weighted by molar-refractivity contribution is -0.385. The van der Waals surface area contributed by atoms with Gasteiger partial charge >= 0.3 is 0 Å². The minimum atomic E-state index is -0.448. The Labute approximate surface area is 106 Å². The Morgan fingerprint density at radius 2 is 2.22 bits per heavy atom. The predicted molar refractivity (Wildman–Crippen MR) is 70.0 cm³/mol. The fraction of sp³-hybridized carbons (Fsp3) is 0.462. The predicted octanol–water partition coefficient (Wildman–Crippen LogP) is 2.80. The van der Waals surface area contributed by atoms with E-state index in [1.807, 2.05) is 20.8 Å². The molecule has 0 radical (unpaired) electrons. The van der Waals surface area contributed by atoms with Crippen LogP contribution in [0.3, 0.4) is 0 Å². The maximum Gasteiger partial charge on any atom is 0.294 e. The van der Waals surface area contributed by atoms with Crippen molar-refractivity contribution in [1.82, 2.24) is 4.98 Å². The normalized spacial score (nSPS) is 12.6. The van der Waals surface area contributed by atoms with Gasteiger partial charge in [-0.05, 0) is 23.5 Å². The lowest BCUT2D eigenvalue weighted by atomic mass is 9.85. The number of aliphatic hydroxyl groups is 1. The van der Waals surface area contributed by atoms with Crippen LogP contribution in [0.25, 0.3) is 5.57 Å². The first kappa shape index (κ1) is 14.3. The molecule has 1 N–H and O–H groups in total. The van der Waals surface area contributed by atoms with Gasteiger partial charge in [-0.2, -0.15) is 0 Å². The van der Waals surface area contributed by atoms with Crippen LogP contribution in [0.2, 0.25) is 0 Å². The van der Waals surface area contributed by atoms with Crippen LogP contribution in [0.15, 0.2) is 24.5 Å². The number of hydrogen-bond donors (Lipinski definition) is 1. The Morgan fingerprint density at radius 3 is 2.72 bits per heavy atom. The fourth-order valence-corrected chi connectivity index (χ4v) is 1.76. The zero-order valence-corrected chi connectivity index (χ0v) is 10.9. The van der Waals surface area contributed by atoms with Gasteiger partial charge in [-0.15, -0.1) is 0 Å². The quantitative estimate of drug-likeness (QED) is 0.658. The third kappa shape index (κ3) is 3.92. The van der Waals surface area contributed by atoms with Crippen molar-refractivity contribution >= 4 is 11.3 Å². The van der Waals surface area contributed by atoms with Gasteiger partial charge < -0.3 is 5.11 Å². The summed E-state index contributed by atoms with van der Waals surface area (Å²) in [5.41, 5.74) is 1.26. The van der Waals surface area contributed by atoms with Crippen LogP contribution in [0.4, 0.5) is 5.69 Å². The number of aliphatic hydroxyl groups excluding tert-OH is 1. The van der Waals surface area contributed by atoms with Gasteiger partial charge in [-0.25, -0.2) is 0 Å². The molecule has 1 rings (SSSR count). The number of aromatic nitrogens is 1. The van der Waals surface area contributed by atoms with Gasteiger partial charge in [-0.3, -0.25) is 15.1 Å². The summed E-state index contributed by atoms with van der Waals surface area (Å²) in [5.74, 6) is 0. The van der Waals surface area contributed by atoms with Crippen molar-refractivity contribution in [2.75, 3.05) is 6.61 Å². The average molecular weight is 250 g/mol. The molecule has 5 heteroatoms. The standard InChI is InChI=1S/C13H18N2O3/c1-13(2,3)8-10(5-7-16)11-4-6-14-9-12(11)15(17)18/h4-6,9,16H,7-8H2,1-3H3. The number of nitrogens with zero attached hydrogens (tertiary/aromatic N) is 2. The van der Waals surface area contributed by atoms with E-state index in [2.05, 4.69) is 4.98 Å². The first-order chi connectivity index (χ1) is 8.35. The number of allylic oxidation sites excluding steroid dienone is 1. The summed E-state index contributed by atoms with van der Waals surface area (Å²) in [4.78, 5) is 14.3. The van der Waals surface area contributed by atoms with Gasteiger partial charge in [0.1, 0.15) is 6.20 Å². The highest BCUT2D eigenvalue weighted by Crippen LogP contribution is 2.34. The van der Waals surface area contributed by atoms with Gasteiger partial charge in [-0.1, -0.05) is 26.8 Å². The van der Waals surface area contributed by atoms with Crippen LogP contribution in [-0.2, 0) is 0 Å². The van der Waals surface area contributed by atoms with E-state index >= 15 is 0 Å². The molecule has 5 nitrogen and oxygen atoms in total. The van der Waals surface area contributed by atoms with E-state index in [9.17, 15) is 10.1 Å². The Morgan fingerprint density at radius 1 is 1.56 bits per heavy atom. The number of pyridine rings is 1. The van der Waals surface area contributed by atoms with Crippen LogP contribution < -0.4 is 0 Å². The van der Waals surface area contributed by atoms with Crippen LogP contribution in [-0.4, -0.2) is 21.6 Å². The second kappa shape index (κ2) is 5.73. The molecule has 0 fully saturated rings. The van der Waals surface area contributed by atoms with Gasteiger partial charge in [0.2, 0.25) is 0 Å². The largest absolute Gasteiger partial charge is 0.392 e. The van der Waals surface area contributed by atoms with E-state index < -0.39 is 4.92 Å². The third-order valence-corrected chi connectivity index (χ3v) is 2.40. The minimum Gasteiger partial charge on any atom is -0.392 e. The van der Waals surface area contributed by atoms with Crippen molar-refractivity contribution in [1.29, 1.82) is 0 Å². The molecule has 0 bridgehead atoms. The Bertz CT molecular complexity index is 462. The molecule has 18 heavy (non-hydrogen) atoms. The second-order valence-electron chi connectivity index (χ2n) is 5.30. The summed E-state index contributed by atoms with van der Waals surface area (Å²) < 4.78 is 0. The van der Waals surface area contributed by atoms with Crippen LogP contribution >= 0.6 is 0 Å². The van der Waals surface area contributed by atoms with Crippen molar-refractivity contribution in [3.05, 3.63) is 40.2 Å². The molecule has 1 aromatic heterocycles. The maximum atomic E-state index is 11.0. The molecule has 0 aliphatic carbocycles. The van der Waals surface area contributed by atoms with E-state index in [0.717, 1.165) is 5.57 Å². The molecular weight excluding hydrogens is 232 g/mol. The highest BCUT2D eigenvalue weighted by molar-refractivity contribution is 5.72. The van der Waals surface area contributed by atoms with E-state index in [-0.39, 0.29) is 17.7 Å². The molecule has 0 aliphatic heterocycles. The molecule has 0 saturated heterocycles. The number of rotatable bonds is 4. The topological polar surface area (TPSA) is 76.3 Å². The summed E-state index contributed by atoms with van der Waals surface area (Å²) >= 11 is 0. The first-order valence-electron chi connectivity index (χ1n) is 5.74. The summed E-state index contributed by atoms with van der Waals surface area (Å²) in [7, 11) is 0. The van der Waals surface area contributed by atoms with Crippen LogP contribution in [0.1, 0.15) is 32.8 Å². The highest BCUT2D eigenvalue weighted by Gasteiger charge is 2.21. The van der Waals surface area contributed by atoms with Crippen LogP contribution in [0, 0.1) is 15.5 Å². The summed E-state index contributed by atoms with van der Waals surface area (Å²) in [6.07, 6.45) is 5.03. The molecule has 1 heterocycles. The van der Waals surface area contributed by atoms with E-state index in [4.69, 9.17) is 5.11 Å². The smallest absolute Gasteiger partial charge is 0.294 e. The van der Waals surface area contributed by atoms with Gasteiger partial charge in [0.15, 0.2) is 0 Å². The fourth-order valence-electron chi connectivity index (χ4n) is 1.76. The average Bonchev–Trinajstić information content (AvgIpc) is 2.26. The van der Waals surface area contributed by atoms with Crippen molar-refractivity contribution in [2.45, 2.75) is 27.2 Å². The van der Waals surface area contributed by atoms with Crippen molar-refractivity contribution in [3.63, 3.8) is 0 Å². The Kier molecular flexibility index (Phi) is 4.55. The zero-order valence-electron chi connectivity index (χ0n) is 10.9. The lowest BCUT2D eigenvalue weighted by Crippen LogP contribution is -2.07. The van der Waals surface area contributed by atoms with Crippen molar-refractivity contribution in [2.24, 2.45) is 5.41 Å². The molecule has 0 atom stereocenters. The van der Waals surface area contributed by atoms with Gasteiger partial charge in [0.05, 0.1) is 17.1 Å². The van der Waals surface area contributed by atoms with E-state index in [0.29, 0.717) is 12.0 Å². The molecule has 0 aromatic carbocycles. The number of hydrogen-bond acceptors (Lipinski definition) is 4. The molecule has 0 unspecified atom stereocenters. The lowest BCUT2D eigenvalue weighted by Gasteiger charge is -2.20. The summed E-state index contributed by atoms with van der Waals surface area (Å²) in [6, 6.07) is 1.62. The summed E-state index contributed by atoms with van der Waals surface area (Å²) in [6.45, 7) is 6.01. The Balaban J connectivity index is 3.23. The van der Waals surface area contributed by atoms with E-state index in [1.165, 1.54) is 12.4 Å². The number of nitro groups is 1. The second-order valence-corrected chi connectivity index (χ2v) is 5.30. The molecule has 0 amide bonds. The Hall–Kier alpha value is -1.75. The zero-order chi connectivity index (χ0) is 13.8.